The highest BCUT2D eigenvalue weighted by Crippen LogP contribution is 2.28. The number of rotatable bonds is 3. The van der Waals surface area contributed by atoms with Crippen LogP contribution in [0.3, 0.4) is 0 Å². The van der Waals surface area contributed by atoms with Gasteiger partial charge in [0.05, 0.1) is 11.3 Å². The van der Waals surface area contributed by atoms with Crippen molar-refractivity contribution in [1.29, 1.82) is 0 Å². The Morgan fingerprint density at radius 1 is 1.13 bits per heavy atom. The number of aromatic nitrogens is 2. The van der Waals surface area contributed by atoms with Crippen molar-refractivity contribution in [2.75, 3.05) is 13.1 Å². The molecule has 7 heteroatoms. The van der Waals surface area contributed by atoms with Gasteiger partial charge in [-0.25, -0.2) is 9.48 Å². The maximum absolute atomic E-state index is 12.7. The third kappa shape index (κ3) is 4.55. The van der Waals surface area contributed by atoms with Gasteiger partial charge in [-0.15, -0.1) is 0 Å². The lowest BCUT2D eigenvalue weighted by Crippen LogP contribution is -2.40. The molecule has 3 aromatic rings. The van der Waals surface area contributed by atoms with Gasteiger partial charge in [0.15, 0.2) is 0 Å². The molecule has 7 nitrogen and oxygen atoms in total. The maximum atomic E-state index is 12.7. The molecule has 1 fully saturated rings. The highest BCUT2D eigenvalue weighted by Gasteiger charge is 2.24. The molecule has 1 aromatic heterocycles. The van der Waals surface area contributed by atoms with Crippen molar-refractivity contribution in [2.24, 2.45) is 0 Å². The average molecular weight is 421 g/mol. The van der Waals surface area contributed by atoms with E-state index in [9.17, 15) is 14.7 Å². The Morgan fingerprint density at radius 2 is 1.87 bits per heavy atom. The molecule has 2 heterocycles. The summed E-state index contributed by atoms with van der Waals surface area (Å²) in [6.45, 7) is 7.00. The van der Waals surface area contributed by atoms with Crippen molar-refractivity contribution in [3.63, 3.8) is 0 Å². The van der Waals surface area contributed by atoms with Gasteiger partial charge in [0.1, 0.15) is 5.52 Å². The molecule has 1 aliphatic rings. The molecular formula is C24H28N4O3. The minimum absolute atomic E-state index is 0.140. The van der Waals surface area contributed by atoms with Crippen LogP contribution in [0.4, 0.5) is 4.79 Å². The first-order chi connectivity index (χ1) is 14.7. The van der Waals surface area contributed by atoms with E-state index in [1.807, 2.05) is 63.4 Å². The molecule has 0 spiro atoms. The predicted molar refractivity (Wildman–Crippen MR) is 120 cm³/mol. The molecular weight excluding hydrogens is 392 g/mol. The van der Waals surface area contributed by atoms with Crippen molar-refractivity contribution in [3.05, 3.63) is 59.8 Å². The molecule has 0 saturated carbocycles. The number of likely N-dealkylation sites (tertiary alicyclic amines) is 1. The van der Waals surface area contributed by atoms with E-state index in [2.05, 4.69) is 10.4 Å². The molecule has 1 atom stereocenters. The summed E-state index contributed by atoms with van der Waals surface area (Å²) in [5.41, 5.74) is 2.92. The van der Waals surface area contributed by atoms with E-state index in [1.165, 1.54) is 4.90 Å². The second-order valence-electron chi connectivity index (χ2n) is 9.18. The van der Waals surface area contributed by atoms with Gasteiger partial charge in [-0.05, 0) is 57.4 Å². The summed E-state index contributed by atoms with van der Waals surface area (Å²) in [7, 11) is 0. The molecule has 1 aliphatic heterocycles. The fourth-order valence-corrected chi connectivity index (χ4v) is 4.09. The predicted octanol–water partition coefficient (Wildman–Crippen LogP) is 4.41. The van der Waals surface area contributed by atoms with Gasteiger partial charge in [0.2, 0.25) is 0 Å². The van der Waals surface area contributed by atoms with Gasteiger partial charge in [0.25, 0.3) is 5.91 Å². The number of piperidine rings is 1. The van der Waals surface area contributed by atoms with Crippen LogP contribution in [0.25, 0.3) is 16.6 Å². The Morgan fingerprint density at radius 3 is 2.55 bits per heavy atom. The molecule has 2 amide bonds. The highest BCUT2D eigenvalue weighted by molar-refractivity contribution is 6.05. The van der Waals surface area contributed by atoms with Gasteiger partial charge in [-0.1, -0.05) is 24.3 Å². The molecule has 1 saturated heterocycles. The SMILES string of the molecule is CC(C)(C)NC(=O)c1cccc2cn(-c3ccc(C4CCCN(C(=O)O)C4)cc3)nc12. The molecule has 2 aromatic carbocycles. The molecule has 162 valence electrons. The Balaban J connectivity index is 1.59. The van der Waals surface area contributed by atoms with Crippen LogP contribution in [0.15, 0.2) is 48.7 Å². The summed E-state index contributed by atoms with van der Waals surface area (Å²) in [6, 6.07) is 13.7. The van der Waals surface area contributed by atoms with Crippen LogP contribution in [0.2, 0.25) is 0 Å². The monoisotopic (exact) mass is 420 g/mol. The van der Waals surface area contributed by atoms with E-state index in [0.29, 0.717) is 24.2 Å². The molecule has 31 heavy (non-hydrogen) atoms. The van der Waals surface area contributed by atoms with Crippen LogP contribution in [0, 0.1) is 0 Å². The Hall–Kier alpha value is -3.35. The topological polar surface area (TPSA) is 87.5 Å². The summed E-state index contributed by atoms with van der Waals surface area (Å²) in [5, 5.41) is 17.9. The number of nitrogens with zero attached hydrogens (tertiary/aromatic N) is 3. The number of amides is 2. The highest BCUT2D eigenvalue weighted by atomic mass is 16.4. The summed E-state index contributed by atoms with van der Waals surface area (Å²) in [4.78, 5) is 25.5. The minimum atomic E-state index is -0.851. The molecule has 0 aliphatic carbocycles. The number of fused-ring (bicyclic) bond motifs is 1. The van der Waals surface area contributed by atoms with Crippen LogP contribution in [-0.4, -0.2) is 50.4 Å². The zero-order chi connectivity index (χ0) is 22.2. The molecule has 0 radical (unpaired) electrons. The molecule has 4 rings (SSSR count). The van der Waals surface area contributed by atoms with Gasteiger partial charge < -0.3 is 15.3 Å². The summed E-state index contributed by atoms with van der Waals surface area (Å²) in [6.07, 6.45) is 2.94. The van der Waals surface area contributed by atoms with Crippen LogP contribution in [0.5, 0.6) is 0 Å². The Kier molecular flexibility index (Phi) is 5.43. The normalized spacial score (nSPS) is 17.0. The van der Waals surface area contributed by atoms with E-state index in [0.717, 1.165) is 29.5 Å². The van der Waals surface area contributed by atoms with E-state index in [-0.39, 0.29) is 17.4 Å². The van der Waals surface area contributed by atoms with Gasteiger partial charge in [-0.2, -0.15) is 5.10 Å². The second kappa shape index (κ2) is 8.06. The van der Waals surface area contributed by atoms with Crippen LogP contribution in [0.1, 0.15) is 55.5 Å². The quantitative estimate of drug-likeness (QED) is 0.657. The second-order valence-corrected chi connectivity index (χ2v) is 9.18. The summed E-state index contributed by atoms with van der Waals surface area (Å²) < 4.78 is 1.78. The van der Waals surface area contributed by atoms with E-state index >= 15 is 0 Å². The zero-order valence-corrected chi connectivity index (χ0v) is 18.1. The zero-order valence-electron chi connectivity index (χ0n) is 18.1. The van der Waals surface area contributed by atoms with Crippen molar-refractivity contribution in [2.45, 2.75) is 45.1 Å². The number of hydrogen-bond donors (Lipinski definition) is 2. The first kappa shape index (κ1) is 20.9. The third-order valence-corrected chi connectivity index (χ3v) is 5.59. The summed E-state index contributed by atoms with van der Waals surface area (Å²) >= 11 is 0. The number of nitrogens with one attached hydrogen (secondary N) is 1. The fraction of sp³-hybridized carbons (Fsp3) is 0.375. The Labute approximate surface area is 181 Å². The smallest absolute Gasteiger partial charge is 0.407 e. The Bertz CT molecular complexity index is 1110. The average Bonchev–Trinajstić information content (AvgIpc) is 3.17. The number of carbonyl (C=O) groups is 2. The number of carbonyl (C=O) groups excluding carboxylic acids is 1. The standard InChI is InChI=1S/C24H28N4O3/c1-24(2,3)25-22(29)20-8-4-6-18-15-28(26-21(18)20)19-11-9-16(10-12-19)17-7-5-13-27(14-17)23(30)31/h4,6,8-12,15,17H,5,7,13-14H2,1-3H3,(H,25,29)(H,30,31). The molecule has 0 bridgehead atoms. The van der Waals surface area contributed by atoms with Crippen molar-refractivity contribution in [1.82, 2.24) is 20.0 Å². The van der Waals surface area contributed by atoms with Gasteiger partial charge >= 0.3 is 6.09 Å². The van der Waals surface area contributed by atoms with Crippen LogP contribution >= 0.6 is 0 Å². The first-order valence-corrected chi connectivity index (χ1v) is 10.6. The largest absolute Gasteiger partial charge is 0.465 e. The summed E-state index contributed by atoms with van der Waals surface area (Å²) in [5.74, 6) is 0.0715. The van der Waals surface area contributed by atoms with Crippen LogP contribution in [-0.2, 0) is 0 Å². The number of carboxylic acid groups (broad SMARTS) is 1. The van der Waals surface area contributed by atoms with Crippen LogP contribution < -0.4 is 5.32 Å². The molecule has 1 unspecified atom stereocenters. The molecule has 2 N–H and O–H groups in total. The lowest BCUT2D eigenvalue weighted by Gasteiger charge is -2.31. The lowest BCUT2D eigenvalue weighted by molar-refractivity contribution is 0.0921. The minimum Gasteiger partial charge on any atom is -0.465 e. The van der Waals surface area contributed by atoms with Crippen molar-refractivity contribution >= 4 is 22.9 Å². The number of benzene rings is 2. The van der Waals surface area contributed by atoms with Crippen molar-refractivity contribution in [3.8, 4) is 5.69 Å². The maximum Gasteiger partial charge on any atom is 0.407 e. The van der Waals surface area contributed by atoms with E-state index in [4.69, 9.17) is 0 Å². The number of hydrogen-bond acceptors (Lipinski definition) is 3. The first-order valence-electron chi connectivity index (χ1n) is 10.6. The fourth-order valence-electron chi connectivity index (χ4n) is 4.09. The van der Waals surface area contributed by atoms with Gasteiger partial charge in [-0.3, -0.25) is 4.79 Å². The lowest BCUT2D eigenvalue weighted by atomic mass is 9.91. The van der Waals surface area contributed by atoms with E-state index < -0.39 is 6.09 Å². The van der Waals surface area contributed by atoms with E-state index in [1.54, 1.807) is 10.7 Å². The third-order valence-electron chi connectivity index (χ3n) is 5.59. The van der Waals surface area contributed by atoms with Crippen molar-refractivity contribution < 1.29 is 14.7 Å². The van der Waals surface area contributed by atoms with Gasteiger partial charge in [0, 0.05) is 36.1 Å².